The van der Waals surface area contributed by atoms with E-state index in [0.717, 1.165) is 49.2 Å². The maximum Gasteiger partial charge on any atom is 0.145 e. The van der Waals surface area contributed by atoms with Gasteiger partial charge in [0, 0.05) is 6.54 Å². The van der Waals surface area contributed by atoms with Crippen molar-refractivity contribution in [3.63, 3.8) is 0 Å². The third-order valence-corrected chi connectivity index (χ3v) is 2.64. The number of nitrogens with one attached hydrogen (secondary N) is 1. The lowest BCUT2D eigenvalue weighted by Crippen LogP contribution is -2.05. The normalized spacial score (nSPS) is 10.6. The molecule has 0 saturated carbocycles. The van der Waals surface area contributed by atoms with E-state index in [1.54, 1.807) is 6.20 Å². The lowest BCUT2D eigenvalue weighted by atomic mass is 10.2. The minimum absolute atomic E-state index is 0.774. The van der Waals surface area contributed by atoms with Gasteiger partial charge in [0.1, 0.15) is 5.82 Å². The van der Waals surface area contributed by atoms with Crippen molar-refractivity contribution in [2.45, 2.75) is 19.3 Å². The van der Waals surface area contributed by atoms with E-state index in [4.69, 9.17) is 5.73 Å². The van der Waals surface area contributed by atoms with Gasteiger partial charge in [0.2, 0.25) is 0 Å². The molecular weight excluding hydrogens is 212 g/mol. The molecule has 17 heavy (non-hydrogen) atoms. The number of fused-ring (bicyclic) bond motifs is 1. The van der Waals surface area contributed by atoms with Crippen molar-refractivity contribution < 1.29 is 0 Å². The van der Waals surface area contributed by atoms with Crippen LogP contribution in [-0.2, 0) is 0 Å². The number of anilines is 1. The summed E-state index contributed by atoms with van der Waals surface area (Å²) in [5.41, 5.74) is 7.30. The molecule has 1 aromatic heterocycles. The van der Waals surface area contributed by atoms with E-state index in [9.17, 15) is 0 Å². The third-order valence-electron chi connectivity index (χ3n) is 2.64. The predicted octanol–water partition coefficient (Wildman–Crippen LogP) is 2.17. The van der Waals surface area contributed by atoms with Gasteiger partial charge < -0.3 is 11.1 Å². The largest absolute Gasteiger partial charge is 0.369 e. The lowest BCUT2D eigenvalue weighted by molar-refractivity contribution is 0.706. The van der Waals surface area contributed by atoms with Crippen LogP contribution in [0.25, 0.3) is 11.0 Å². The Morgan fingerprint density at radius 2 is 1.88 bits per heavy atom. The standard InChI is InChI=1S/C13H18N4/c14-8-4-1-5-9-15-13-10-16-11-6-2-3-7-12(11)17-13/h2-3,6-7,10H,1,4-5,8-9,14H2,(H,15,17). The maximum atomic E-state index is 5.44. The smallest absolute Gasteiger partial charge is 0.145 e. The van der Waals surface area contributed by atoms with Crippen LogP contribution < -0.4 is 11.1 Å². The van der Waals surface area contributed by atoms with E-state index in [0.29, 0.717) is 0 Å². The summed E-state index contributed by atoms with van der Waals surface area (Å²) in [6, 6.07) is 7.88. The number of hydrogen-bond donors (Lipinski definition) is 2. The summed E-state index contributed by atoms with van der Waals surface area (Å²) in [7, 11) is 0. The molecule has 0 unspecified atom stereocenters. The van der Waals surface area contributed by atoms with Crippen LogP contribution in [0.5, 0.6) is 0 Å². The first kappa shape index (κ1) is 11.8. The number of benzene rings is 1. The number of aromatic nitrogens is 2. The van der Waals surface area contributed by atoms with E-state index in [1.165, 1.54) is 0 Å². The second-order valence-corrected chi connectivity index (χ2v) is 4.02. The SMILES string of the molecule is NCCCCCNc1cnc2ccccc2n1. The molecule has 1 aromatic carbocycles. The Morgan fingerprint density at radius 1 is 1.06 bits per heavy atom. The van der Waals surface area contributed by atoms with Crippen molar-refractivity contribution in [2.24, 2.45) is 5.73 Å². The number of hydrogen-bond acceptors (Lipinski definition) is 4. The number of nitrogens with zero attached hydrogens (tertiary/aromatic N) is 2. The van der Waals surface area contributed by atoms with Crippen LogP contribution in [0.1, 0.15) is 19.3 Å². The van der Waals surface area contributed by atoms with Gasteiger partial charge in [-0.05, 0) is 31.5 Å². The molecule has 0 bridgehead atoms. The van der Waals surface area contributed by atoms with E-state index >= 15 is 0 Å². The molecule has 0 amide bonds. The first-order valence-electron chi connectivity index (χ1n) is 6.06. The minimum Gasteiger partial charge on any atom is -0.369 e. The Morgan fingerprint density at radius 3 is 2.71 bits per heavy atom. The molecule has 90 valence electrons. The average molecular weight is 230 g/mol. The number of rotatable bonds is 6. The van der Waals surface area contributed by atoms with Crippen molar-refractivity contribution in [2.75, 3.05) is 18.4 Å². The zero-order valence-corrected chi connectivity index (χ0v) is 9.89. The highest BCUT2D eigenvalue weighted by molar-refractivity contribution is 5.75. The van der Waals surface area contributed by atoms with Gasteiger partial charge in [0.25, 0.3) is 0 Å². The van der Waals surface area contributed by atoms with Gasteiger partial charge in [-0.15, -0.1) is 0 Å². The Labute approximate surface area is 101 Å². The quantitative estimate of drug-likeness (QED) is 0.746. The Balaban J connectivity index is 1.90. The molecule has 0 atom stereocenters. The van der Waals surface area contributed by atoms with Gasteiger partial charge in [-0.25, -0.2) is 4.98 Å². The van der Waals surface area contributed by atoms with Crippen LogP contribution >= 0.6 is 0 Å². The summed E-state index contributed by atoms with van der Waals surface area (Å²) in [4.78, 5) is 8.85. The Bertz CT molecular complexity index is 470. The van der Waals surface area contributed by atoms with Gasteiger partial charge in [-0.2, -0.15) is 0 Å². The highest BCUT2D eigenvalue weighted by Gasteiger charge is 1.97. The highest BCUT2D eigenvalue weighted by Crippen LogP contribution is 2.11. The number of para-hydroxylation sites is 2. The van der Waals surface area contributed by atoms with Crippen molar-refractivity contribution in [3.8, 4) is 0 Å². The lowest BCUT2D eigenvalue weighted by Gasteiger charge is -2.05. The van der Waals surface area contributed by atoms with Crippen LogP contribution in [0.3, 0.4) is 0 Å². The fourth-order valence-electron chi connectivity index (χ4n) is 1.70. The van der Waals surface area contributed by atoms with Crippen molar-refractivity contribution in [3.05, 3.63) is 30.5 Å². The molecule has 0 saturated heterocycles. The molecule has 4 heteroatoms. The summed E-state index contributed by atoms with van der Waals surface area (Å²) >= 11 is 0. The molecule has 4 nitrogen and oxygen atoms in total. The van der Waals surface area contributed by atoms with Gasteiger partial charge in [-0.3, -0.25) is 4.98 Å². The summed E-state index contributed by atoms with van der Waals surface area (Å²) in [6.07, 6.45) is 5.15. The number of unbranched alkanes of at least 4 members (excludes halogenated alkanes) is 2. The molecule has 0 aliphatic heterocycles. The van der Waals surface area contributed by atoms with E-state index in [2.05, 4.69) is 15.3 Å². The van der Waals surface area contributed by atoms with Crippen LogP contribution in [0, 0.1) is 0 Å². The molecule has 2 aromatic rings. The van der Waals surface area contributed by atoms with Crippen molar-refractivity contribution in [1.29, 1.82) is 0 Å². The topological polar surface area (TPSA) is 63.8 Å². The van der Waals surface area contributed by atoms with E-state index < -0.39 is 0 Å². The molecule has 0 aliphatic rings. The fraction of sp³-hybridized carbons (Fsp3) is 0.385. The molecule has 0 aliphatic carbocycles. The highest BCUT2D eigenvalue weighted by atomic mass is 15.0. The molecule has 0 fully saturated rings. The first-order valence-corrected chi connectivity index (χ1v) is 6.06. The van der Waals surface area contributed by atoms with Crippen LogP contribution in [0.4, 0.5) is 5.82 Å². The first-order chi connectivity index (χ1) is 8.40. The summed E-state index contributed by atoms with van der Waals surface area (Å²) in [6.45, 7) is 1.70. The zero-order chi connectivity index (χ0) is 11.9. The average Bonchev–Trinajstić information content (AvgIpc) is 2.38. The molecule has 3 N–H and O–H groups in total. The molecule has 0 radical (unpaired) electrons. The molecule has 1 heterocycles. The van der Waals surface area contributed by atoms with Gasteiger partial charge in [0.15, 0.2) is 0 Å². The molecule has 0 spiro atoms. The summed E-state index contributed by atoms with van der Waals surface area (Å²) in [5.74, 6) is 0.844. The summed E-state index contributed by atoms with van der Waals surface area (Å²) < 4.78 is 0. The molecule has 2 rings (SSSR count). The van der Waals surface area contributed by atoms with E-state index in [1.807, 2.05) is 24.3 Å². The van der Waals surface area contributed by atoms with Crippen LogP contribution in [-0.4, -0.2) is 23.1 Å². The van der Waals surface area contributed by atoms with Gasteiger partial charge in [-0.1, -0.05) is 18.6 Å². The number of nitrogens with two attached hydrogens (primary N) is 1. The fourth-order valence-corrected chi connectivity index (χ4v) is 1.70. The second kappa shape index (κ2) is 6.15. The monoisotopic (exact) mass is 230 g/mol. The predicted molar refractivity (Wildman–Crippen MR) is 70.9 cm³/mol. The van der Waals surface area contributed by atoms with Crippen molar-refractivity contribution in [1.82, 2.24) is 9.97 Å². The van der Waals surface area contributed by atoms with Crippen LogP contribution in [0.2, 0.25) is 0 Å². The zero-order valence-electron chi connectivity index (χ0n) is 9.89. The van der Waals surface area contributed by atoms with E-state index in [-0.39, 0.29) is 0 Å². The van der Waals surface area contributed by atoms with Crippen molar-refractivity contribution >= 4 is 16.9 Å². The molecular formula is C13H18N4. The maximum absolute atomic E-state index is 5.44. The summed E-state index contributed by atoms with van der Waals surface area (Å²) in [5, 5.41) is 3.28. The Hall–Kier alpha value is -1.68. The van der Waals surface area contributed by atoms with Gasteiger partial charge >= 0.3 is 0 Å². The van der Waals surface area contributed by atoms with Gasteiger partial charge in [0.05, 0.1) is 17.2 Å². The second-order valence-electron chi connectivity index (χ2n) is 4.02. The minimum atomic E-state index is 0.774. The third kappa shape index (κ3) is 3.39. The van der Waals surface area contributed by atoms with Crippen LogP contribution in [0.15, 0.2) is 30.5 Å². The Kier molecular flexibility index (Phi) is 4.27.